The van der Waals surface area contributed by atoms with Gasteiger partial charge in [0, 0.05) is 5.69 Å². The third kappa shape index (κ3) is 5.06. The van der Waals surface area contributed by atoms with Gasteiger partial charge < -0.3 is 25.7 Å². The van der Waals surface area contributed by atoms with Gasteiger partial charge in [-0.15, -0.1) is 0 Å². The maximum atomic E-state index is 11.6. The number of nitrogens with two attached hydrogens (primary N) is 1. The van der Waals surface area contributed by atoms with Crippen molar-refractivity contribution < 1.29 is 38.4 Å². The van der Waals surface area contributed by atoms with Crippen LogP contribution in [0.25, 0.3) is 0 Å². The van der Waals surface area contributed by atoms with Crippen LogP contribution in [0, 0.1) is 0 Å². The fraction of sp³-hybridized carbons (Fsp3) is 0.333. The molecule has 0 fully saturated rings. The normalized spacial score (nSPS) is 15.5. The van der Waals surface area contributed by atoms with Crippen molar-refractivity contribution in [2.45, 2.75) is 23.2 Å². The summed E-state index contributed by atoms with van der Waals surface area (Å²) in [5.74, 6) is -2.74. The van der Waals surface area contributed by atoms with E-state index in [2.05, 4.69) is 5.32 Å². The highest BCUT2D eigenvalue weighted by atomic mass is 32.2. The molecule has 0 aliphatic carbocycles. The molecular weight excluding hydrogens is 332 g/mol. The topological polar surface area (TPSA) is 187 Å². The number of anilines is 1. The molecule has 3 atom stereocenters. The molecule has 1 aromatic carbocycles. The maximum absolute atomic E-state index is 11.6. The Morgan fingerprint density at radius 2 is 1.65 bits per heavy atom. The lowest BCUT2D eigenvalue weighted by molar-refractivity contribution is -0.148. The Morgan fingerprint density at radius 1 is 1.13 bits per heavy atom. The molecule has 0 bridgehead atoms. The van der Waals surface area contributed by atoms with Crippen LogP contribution in [0.15, 0.2) is 29.2 Å². The van der Waals surface area contributed by atoms with E-state index in [1.165, 1.54) is 0 Å². The Morgan fingerprint density at radius 3 is 2.09 bits per heavy atom. The van der Waals surface area contributed by atoms with Crippen molar-refractivity contribution in [2.75, 3.05) is 11.9 Å². The summed E-state index contributed by atoms with van der Waals surface area (Å²) >= 11 is 0. The van der Waals surface area contributed by atoms with Crippen molar-refractivity contribution in [1.29, 1.82) is 0 Å². The van der Waals surface area contributed by atoms with Gasteiger partial charge in [-0.25, -0.2) is 13.6 Å². The van der Waals surface area contributed by atoms with E-state index in [0.717, 1.165) is 24.3 Å². The van der Waals surface area contributed by atoms with Crippen molar-refractivity contribution in [1.82, 2.24) is 0 Å². The van der Waals surface area contributed by atoms with E-state index < -0.39 is 46.6 Å². The number of aliphatic hydroxyl groups is 4. The van der Waals surface area contributed by atoms with Crippen LogP contribution in [0.1, 0.15) is 0 Å². The van der Waals surface area contributed by atoms with Crippen LogP contribution in [0.4, 0.5) is 5.69 Å². The zero-order valence-electron chi connectivity index (χ0n) is 11.7. The van der Waals surface area contributed by atoms with Crippen LogP contribution in [0.5, 0.6) is 0 Å². The quantitative estimate of drug-likeness (QED) is 0.280. The molecule has 0 spiro atoms. The van der Waals surface area contributed by atoms with Gasteiger partial charge in [0.05, 0.1) is 11.5 Å². The third-order valence-electron chi connectivity index (χ3n) is 2.84. The zero-order chi connectivity index (χ0) is 17.8. The molecule has 128 valence electrons. The number of ketones is 1. The molecule has 1 amide bonds. The van der Waals surface area contributed by atoms with Gasteiger partial charge in [0.2, 0.25) is 10.0 Å². The lowest BCUT2D eigenvalue weighted by Crippen LogP contribution is -2.47. The number of nitrogens with one attached hydrogen (secondary N) is 1. The predicted octanol–water partition coefficient (Wildman–Crippen LogP) is -3.08. The molecule has 1 aromatic rings. The van der Waals surface area contributed by atoms with Gasteiger partial charge in [-0.05, 0) is 24.3 Å². The molecule has 23 heavy (non-hydrogen) atoms. The number of rotatable bonds is 7. The highest BCUT2D eigenvalue weighted by Gasteiger charge is 2.33. The number of aliphatic hydroxyl groups excluding tert-OH is 4. The number of hydrogen-bond donors (Lipinski definition) is 6. The van der Waals surface area contributed by atoms with E-state index in [0.29, 0.717) is 0 Å². The average Bonchev–Trinajstić information content (AvgIpc) is 2.51. The van der Waals surface area contributed by atoms with Gasteiger partial charge in [0.25, 0.3) is 11.7 Å². The van der Waals surface area contributed by atoms with E-state index in [4.69, 9.17) is 15.4 Å². The molecular formula is C12H16N2O8S. The molecule has 0 radical (unpaired) electrons. The summed E-state index contributed by atoms with van der Waals surface area (Å²) < 4.78 is 22.1. The second kappa shape index (κ2) is 7.59. The van der Waals surface area contributed by atoms with E-state index in [1.807, 2.05) is 0 Å². The van der Waals surface area contributed by atoms with Crippen molar-refractivity contribution in [2.24, 2.45) is 5.14 Å². The molecule has 0 aliphatic heterocycles. The number of carbonyl (C=O) groups excluding carboxylic acids is 2. The number of amides is 1. The van der Waals surface area contributed by atoms with Crippen molar-refractivity contribution in [3.8, 4) is 0 Å². The van der Waals surface area contributed by atoms with Gasteiger partial charge in [-0.1, -0.05) is 0 Å². The first kappa shape index (κ1) is 19.2. The number of sulfonamides is 1. The average molecular weight is 348 g/mol. The Hall–Kier alpha value is -1.89. The number of Topliss-reactive ketones (excluding diaryl/α,β-unsaturated/α-hetero) is 1. The minimum Gasteiger partial charge on any atom is -0.394 e. The summed E-state index contributed by atoms with van der Waals surface area (Å²) in [6.45, 7) is -0.915. The van der Waals surface area contributed by atoms with Crippen molar-refractivity contribution in [3.63, 3.8) is 0 Å². The Balaban J connectivity index is 2.77. The molecule has 0 heterocycles. The monoisotopic (exact) mass is 348 g/mol. The summed E-state index contributed by atoms with van der Waals surface area (Å²) in [5.41, 5.74) is 0.0418. The molecule has 0 aliphatic rings. The van der Waals surface area contributed by atoms with Crippen molar-refractivity contribution in [3.05, 3.63) is 24.3 Å². The van der Waals surface area contributed by atoms with Crippen LogP contribution in [-0.4, -0.2) is 65.5 Å². The zero-order valence-corrected chi connectivity index (χ0v) is 12.5. The molecule has 11 heteroatoms. The summed E-state index contributed by atoms with van der Waals surface area (Å²) in [6, 6.07) is 4.51. The third-order valence-corrected chi connectivity index (χ3v) is 3.77. The first-order valence-electron chi connectivity index (χ1n) is 6.21. The maximum Gasteiger partial charge on any atom is 0.294 e. The van der Waals surface area contributed by atoms with E-state index >= 15 is 0 Å². The SMILES string of the molecule is NS(=O)(=O)c1ccc(NC(=O)C(=O)[C@H](O)[C@H](O)[C@H](O)CO)cc1. The number of hydrogen-bond acceptors (Lipinski definition) is 8. The second-order valence-corrected chi connectivity index (χ2v) is 6.13. The Bertz CT molecular complexity index is 673. The van der Waals surface area contributed by atoms with Gasteiger partial charge in [-0.2, -0.15) is 0 Å². The fourth-order valence-corrected chi connectivity index (χ4v) is 2.04. The molecule has 10 nitrogen and oxygen atoms in total. The largest absolute Gasteiger partial charge is 0.394 e. The van der Waals surface area contributed by atoms with Crippen LogP contribution in [0.2, 0.25) is 0 Å². The smallest absolute Gasteiger partial charge is 0.294 e. The summed E-state index contributed by atoms with van der Waals surface area (Å²) in [6.07, 6.45) is -6.07. The second-order valence-electron chi connectivity index (χ2n) is 4.57. The fourth-order valence-electron chi connectivity index (χ4n) is 1.53. The highest BCUT2D eigenvalue weighted by Crippen LogP contribution is 2.13. The predicted molar refractivity (Wildman–Crippen MR) is 76.6 cm³/mol. The van der Waals surface area contributed by atoms with Crippen LogP contribution in [-0.2, 0) is 19.6 Å². The van der Waals surface area contributed by atoms with Crippen LogP contribution in [0.3, 0.4) is 0 Å². The molecule has 0 aromatic heterocycles. The minimum atomic E-state index is -3.91. The Labute approximate surface area is 131 Å². The highest BCUT2D eigenvalue weighted by molar-refractivity contribution is 7.89. The molecule has 1 rings (SSSR count). The van der Waals surface area contributed by atoms with E-state index in [-0.39, 0.29) is 10.6 Å². The van der Waals surface area contributed by atoms with Gasteiger partial charge >= 0.3 is 0 Å². The van der Waals surface area contributed by atoms with Gasteiger partial charge in [0.15, 0.2) is 6.10 Å². The first-order valence-corrected chi connectivity index (χ1v) is 7.75. The van der Waals surface area contributed by atoms with Gasteiger partial charge in [-0.3, -0.25) is 9.59 Å². The molecule has 0 unspecified atom stereocenters. The van der Waals surface area contributed by atoms with E-state index in [9.17, 15) is 28.2 Å². The Kier molecular flexibility index (Phi) is 6.32. The number of primary sulfonamides is 1. The first-order chi connectivity index (χ1) is 10.6. The van der Waals surface area contributed by atoms with E-state index in [1.54, 1.807) is 0 Å². The lowest BCUT2D eigenvalue weighted by Gasteiger charge is -2.19. The van der Waals surface area contributed by atoms with Crippen LogP contribution < -0.4 is 10.5 Å². The lowest BCUT2D eigenvalue weighted by atomic mass is 10.0. The van der Waals surface area contributed by atoms with Gasteiger partial charge in [0.1, 0.15) is 12.2 Å². The minimum absolute atomic E-state index is 0.0418. The standard InChI is InChI=1S/C12H16N2O8S/c13-23(21,22)7-3-1-6(2-4-7)14-12(20)11(19)10(18)9(17)8(16)5-15/h1-4,8-10,15-18H,5H2,(H,14,20)(H2,13,21,22)/t8-,9-,10-/m1/s1. The number of carbonyl (C=O) groups is 2. The number of benzene rings is 1. The summed E-state index contributed by atoms with van der Waals surface area (Å²) in [7, 11) is -3.91. The molecule has 0 saturated carbocycles. The summed E-state index contributed by atoms with van der Waals surface area (Å²) in [5, 5.41) is 43.5. The summed E-state index contributed by atoms with van der Waals surface area (Å²) in [4.78, 5) is 23.0. The molecule has 7 N–H and O–H groups in total. The van der Waals surface area contributed by atoms with Crippen LogP contribution >= 0.6 is 0 Å². The van der Waals surface area contributed by atoms with Crippen molar-refractivity contribution >= 4 is 27.4 Å². The molecule has 0 saturated heterocycles.